The van der Waals surface area contributed by atoms with Gasteiger partial charge in [0.15, 0.2) is 10.3 Å². The quantitative estimate of drug-likeness (QED) is 0.758. The van der Waals surface area contributed by atoms with Crippen LogP contribution in [0.3, 0.4) is 0 Å². The number of aryl methyl sites for hydroxylation is 1. The van der Waals surface area contributed by atoms with Gasteiger partial charge in [0.25, 0.3) is 0 Å². The van der Waals surface area contributed by atoms with E-state index < -0.39 is 11.7 Å². The zero-order valence-corrected chi connectivity index (χ0v) is 11.1. The average molecular weight is 307 g/mol. The Balaban J connectivity index is 2.55. The number of rotatable bonds is 1. The molecule has 1 heterocycles. The maximum absolute atomic E-state index is 12.6. The fourth-order valence-corrected chi connectivity index (χ4v) is 2.03. The third-order valence-electron chi connectivity index (χ3n) is 2.56. The lowest BCUT2D eigenvalue weighted by molar-refractivity contribution is -0.137. The predicted molar refractivity (Wildman–Crippen MR) is 67.2 cm³/mol. The zero-order chi connectivity index (χ0) is 14.2. The predicted octanol–water partition coefficient (Wildman–Crippen LogP) is 4.78. The van der Waals surface area contributed by atoms with Gasteiger partial charge in [-0.05, 0) is 36.2 Å². The van der Waals surface area contributed by atoms with E-state index in [9.17, 15) is 13.2 Å². The molecule has 0 aliphatic rings. The topological polar surface area (TPSA) is 25.8 Å². The summed E-state index contributed by atoms with van der Waals surface area (Å²) in [5.41, 5.74) is 0.710. The van der Waals surface area contributed by atoms with E-state index in [4.69, 9.17) is 23.2 Å². The summed E-state index contributed by atoms with van der Waals surface area (Å²) in [5, 5.41) is 7.40. The van der Waals surface area contributed by atoms with E-state index in [-0.39, 0.29) is 10.3 Å². The summed E-state index contributed by atoms with van der Waals surface area (Å²) in [7, 11) is 0. The molecule has 0 radical (unpaired) electrons. The van der Waals surface area contributed by atoms with Crippen molar-refractivity contribution in [2.24, 2.45) is 0 Å². The first-order valence-electron chi connectivity index (χ1n) is 5.16. The molecule has 0 saturated heterocycles. The van der Waals surface area contributed by atoms with Crippen molar-refractivity contribution in [2.45, 2.75) is 13.1 Å². The molecule has 0 aliphatic carbocycles. The van der Waals surface area contributed by atoms with Gasteiger partial charge < -0.3 is 0 Å². The van der Waals surface area contributed by atoms with Gasteiger partial charge in [-0.1, -0.05) is 29.3 Å². The van der Waals surface area contributed by atoms with E-state index in [2.05, 4.69) is 10.2 Å². The van der Waals surface area contributed by atoms with E-state index in [1.54, 1.807) is 6.92 Å². The molecular formula is C12H7Cl2F3N2. The van der Waals surface area contributed by atoms with Gasteiger partial charge in [-0.15, -0.1) is 10.2 Å². The standard InChI is InChI=1S/C12H7Cl2F3N2/c1-6-4-7(12(15,16)17)2-3-8(6)9-5-10(13)18-19-11(9)14/h2-5H,1H3. The molecule has 0 amide bonds. The SMILES string of the molecule is Cc1cc(C(F)(F)F)ccc1-c1cc(Cl)nnc1Cl. The Kier molecular flexibility index (Phi) is 3.69. The highest BCUT2D eigenvalue weighted by atomic mass is 35.5. The van der Waals surface area contributed by atoms with Crippen LogP contribution < -0.4 is 0 Å². The van der Waals surface area contributed by atoms with Gasteiger partial charge in [0.05, 0.1) is 5.56 Å². The summed E-state index contributed by atoms with van der Waals surface area (Å²) in [6, 6.07) is 4.86. The fourth-order valence-electron chi connectivity index (χ4n) is 1.68. The van der Waals surface area contributed by atoms with Crippen LogP contribution in [0.25, 0.3) is 11.1 Å². The maximum Gasteiger partial charge on any atom is 0.416 e. The molecule has 0 bridgehead atoms. The highest BCUT2D eigenvalue weighted by molar-refractivity contribution is 6.33. The highest BCUT2D eigenvalue weighted by Crippen LogP contribution is 2.35. The Morgan fingerprint density at radius 3 is 2.26 bits per heavy atom. The average Bonchev–Trinajstić information content (AvgIpc) is 2.31. The van der Waals surface area contributed by atoms with Gasteiger partial charge in [0.2, 0.25) is 0 Å². The molecule has 0 fully saturated rings. The monoisotopic (exact) mass is 306 g/mol. The molecule has 0 aliphatic heterocycles. The van der Waals surface area contributed by atoms with Crippen molar-refractivity contribution < 1.29 is 13.2 Å². The molecule has 2 nitrogen and oxygen atoms in total. The van der Waals surface area contributed by atoms with Crippen molar-refractivity contribution in [1.29, 1.82) is 0 Å². The highest BCUT2D eigenvalue weighted by Gasteiger charge is 2.30. The molecule has 0 saturated carbocycles. The second-order valence-corrected chi connectivity index (χ2v) is 4.64. The lowest BCUT2D eigenvalue weighted by Crippen LogP contribution is -2.05. The van der Waals surface area contributed by atoms with E-state index in [1.807, 2.05) is 0 Å². The third-order valence-corrected chi connectivity index (χ3v) is 3.03. The van der Waals surface area contributed by atoms with E-state index in [0.29, 0.717) is 16.7 Å². The van der Waals surface area contributed by atoms with Gasteiger partial charge in [0, 0.05) is 5.56 Å². The Morgan fingerprint density at radius 1 is 1.00 bits per heavy atom. The molecule has 0 unspecified atom stereocenters. The molecule has 7 heteroatoms. The Labute approximate surface area is 117 Å². The first-order valence-corrected chi connectivity index (χ1v) is 5.91. The van der Waals surface area contributed by atoms with Crippen LogP contribution in [0.2, 0.25) is 10.3 Å². The minimum absolute atomic E-state index is 0.0901. The lowest BCUT2D eigenvalue weighted by atomic mass is 10.00. The van der Waals surface area contributed by atoms with Crippen LogP contribution in [0, 0.1) is 6.92 Å². The normalized spacial score (nSPS) is 11.7. The summed E-state index contributed by atoms with van der Waals surface area (Å²) < 4.78 is 37.7. The molecular weight excluding hydrogens is 300 g/mol. The Hall–Kier alpha value is -1.33. The molecule has 0 atom stereocenters. The molecule has 0 spiro atoms. The zero-order valence-electron chi connectivity index (χ0n) is 9.59. The first-order chi connectivity index (χ1) is 8.79. The van der Waals surface area contributed by atoms with Crippen LogP contribution in [0.15, 0.2) is 24.3 Å². The molecule has 100 valence electrons. The van der Waals surface area contributed by atoms with Crippen LogP contribution in [0.5, 0.6) is 0 Å². The Bertz CT molecular complexity index is 627. The number of alkyl halides is 3. The first kappa shape index (κ1) is 14.1. The Morgan fingerprint density at radius 2 is 1.68 bits per heavy atom. The van der Waals surface area contributed by atoms with E-state index >= 15 is 0 Å². The number of halogens is 5. The fraction of sp³-hybridized carbons (Fsp3) is 0.167. The minimum atomic E-state index is -4.37. The van der Waals surface area contributed by atoms with Crippen LogP contribution in [-0.2, 0) is 6.18 Å². The summed E-state index contributed by atoms with van der Waals surface area (Å²) in [4.78, 5) is 0. The van der Waals surface area contributed by atoms with Crippen LogP contribution in [0.1, 0.15) is 11.1 Å². The number of nitrogens with zero attached hydrogens (tertiary/aromatic N) is 2. The lowest BCUT2D eigenvalue weighted by Gasteiger charge is -2.11. The van der Waals surface area contributed by atoms with Crippen molar-refractivity contribution in [1.82, 2.24) is 10.2 Å². The van der Waals surface area contributed by atoms with E-state index in [1.165, 1.54) is 12.1 Å². The molecule has 2 aromatic rings. The molecule has 1 aromatic heterocycles. The number of hydrogen-bond acceptors (Lipinski definition) is 2. The van der Waals surface area contributed by atoms with Gasteiger partial charge in [-0.25, -0.2) is 0 Å². The molecule has 1 aromatic carbocycles. The van der Waals surface area contributed by atoms with E-state index in [0.717, 1.165) is 12.1 Å². The number of hydrogen-bond donors (Lipinski definition) is 0. The van der Waals surface area contributed by atoms with Gasteiger partial charge >= 0.3 is 6.18 Å². The van der Waals surface area contributed by atoms with Crippen molar-refractivity contribution in [3.8, 4) is 11.1 Å². The van der Waals surface area contributed by atoms with Gasteiger partial charge in [0.1, 0.15) is 0 Å². The largest absolute Gasteiger partial charge is 0.416 e. The number of benzene rings is 1. The molecule has 0 N–H and O–H groups in total. The van der Waals surface area contributed by atoms with Crippen molar-refractivity contribution in [3.05, 3.63) is 45.7 Å². The second-order valence-electron chi connectivity index (χ2n) is 3.90. The second kappa shape index (κ2) is 4.98. The van der Waals surface area contributed by atoms with Crippen LogP contribution in [-0.4, -0.2) is 10.2 Å². The molecule has 19 heavy (non-hydrogen) atoms. The minimum Gasteiger partial charge on any atom is -0.166 e. The van der Waals surface area contributed by atoms with Crippen molar-refractivity contribution in [2.75, 3.05) is 0 Å². The summed E-state index contributed by atoms with van der Waals surface area (Å²) in [5.74, 6) is 0. The van der Waals surface area contributed by atoms with Crippen molar-refractivity contribution in [3.63, 3.8) is 0 Å². The third kappa shape index (κ3) is 2.98. The summed E-state index contributed by atoms with van der Waals surface area (Å²) in [6.45, 7) is 1.56. The van der Waals surface area contributed by atoms with Gasteiger partial charge in [-0.2, -0.15) is 13.2 Å². The van der Waals surface area contributed by atoms with Crippen LogP contribution >= 0.6 is 23.2 Å². The number of aromatic nitrogens is 2. The molecule has 2 rings (SSSR count). The summed E-state index contributed by atoms with van der Waals surface area (Å²) >= 11 is 11.6. The van der Waals surface area contributed by atoms with Crippen LogP contribution in [0.4, 0.5) is 13.2 Å². The van der Waals surface area contributed by atoms with Gasteiger partial charge in [-0.3, -0.25) is 0 Å². The van der Waals surface area contributed by atoms with Crippen molar-refractivity contribution >= 4 is 23.2 Å². The maximum atomic E-state index is 12.6. The summed E-state index contributed by atoms with van der Waals surface area (Å²) in [6.07, 6.45) is -4.37. The smallest absolute Gasteiger partial charge is 0.166 e.